The maximum Gasteiger partial charge on any atom is 0.272 e. The number of fused-ring (bicyclic) bond motifs is 1. The fourth-order valence-corrected chi connectivity index (χ4v) is 2.68. The Balaban J connectivity index is 1.72. The summed E-state index contributed by atoms with van der Waals surface area (Å²) in [7, 11) is 0. The third-order valence-corrected chi connectivity index (χ3v) is 3.93. The highest BCUT2D eigenvalue weighted by molar-refractivity contribution is 6.07. The van der Waals surface area contributed by atoms with Crippen LogP contribution in [-0.2, 0) is 0 Å². The molecule has 3 heterocycles. The zero-order chi connectivity index (χ0) is 17.8. The summed E-state index contributed by atoms with van der Waals surface area (Å²) < 4.78 is 0. The maximum absolute atomic E-state index is 12.7. The number of H-pyrrole nitrogens is 1. The number of aromatic amines is 1. The van der Waals surface area contributed by atoms with E-state index >= 15 is 0 Å². The lowest BCUT2D eigenvalue weighted by Gasteiger charge is -2.08. The maximum atomic E-state index is 12.7. The van der Waals surface area contributed by atoms with Gasteiger partial charge in [-0.3, -0.25) is 9.78 Å². The Kier molecular flexibility index (Phi) is 4.22. The molecule has 4 aromatic rings. The number of amides is 1. The molecule has 4 rings (SSSR count). The van der Waals surface area contributed by atoms with Gasteiger partial charge in [0.2, 0.25) is 0 Å². The van der Waals surface area contributed by atoms with E-state index in [9.17, 15) is 4.79 Å². The average Bonchev–Trinajstić information content (AvgIpc) is 3.21. The Morgan fingerprint density at radius 3 is 2.73 bits per heavy atom. The lowest BCUT2D eigenvalue weighted by molar-refractivity contribution is 0.0957. The first-order valence-electron chi connectivity index (χ1n) is 8.08. The molecule has 1 amide bonds. The molecule has 126 valence electrons. The van der Waals surface area contributed by atoms with E-state index in [0.717, 1.165) is 22.2 Å². The normalized spacial score (nSPS) is 11.1. The standard InChI is InChI=1S/C20H15N5O/c26-20(25-23-13-15-4-3-9-22-15)17-12-19(14-7-10-21-11-8-14)24-18-6-2-1-5-16(17)18/h1-13,22H,(H,25,26). The number of pyridine rings is 2. The number of aromatic nitrogens is 3. The molecule has 0 saturated carbocycles. The molecule has 0 spiro atoms. The molecular weight excluding hydrogens is 326 g/mol. The topological polar surface area (TPSA) is 83.0 Å². The number of carbonyl (C=O) groups excluding carboxylic acids is 1. The highest BCUT2D eigenvalue weighted by atomic mass is 16.2. The van der Waals surface area contributed by atoms with Gasteiger partial charge in [0.1, 0.15) is 0 Å². The van der Waals surface area contributed by atoms with Crippen LogP contribution in [0.5, 0.6) is 0 Å². The summed E-state index contributed by atoms with van der Waals surface area (Å²) in [6, 6.07) is 16.8. The summed E-state index contributed by atoms with van der Waals surface area (Å²) in [6.07, 6.45) is 6.75. The van der Waals surface area contributed by atoms with Gasteiger partial charge >= 0.3 is 0 Å². The van der Waals surface area contributed by atoms with Crippen LogP contribution in [0.1, 0.15) is 16.1 Å². The van der Waals surface area contributed by atoms with Gasteiger partial charge in [-0.25, -0.2) is 10.4 Å². The van der Waals surface area contributed by atoms with Gasteiger partial charge in [0, 0.05) is 29.5 Å². The number of carbonyl (C=O) groups is 1. The lowest BCUT2D eigenvalue weighted by atomic mass is 10.0. The van der Waals surface area contributed by atoms with Gasteiger partial charge in [0.05, 0.1) is 28.7 Å². The largest absolute Gasteiger partial charge is 0.360 e. The van der Waals surface area contributed by atoms with Crippen molar-refractivity contribution < 1.29 is 4.79 Å². The van der Waals surface area contributed by atoms with Crippen LogP contribution in [-0.4, -0.2) is 27.1 Å². The molecule has 0 bridgehead atoms. The lowest BCUT2D eigenvalue weighted by Crippen LogP contribution is -2.18. The van der Waals surface area contributed by atoms with Gasteiger partial charge in [-0.2, -0.15) is 5.10 Å². The number of hydrogen-bond acceptors (Lipinski definition) is 4. The molecule has 0 atom stereocenters. The molecule has 6 nitrogen and oxygen atoms in total. The summed E-state index contributed by atoms with van der Waals surface area (Å²) in [5.74, 6) is -0.290. The molecule has 0 fully saturated rings. The Labute approximate surface area is 149 Å². The quantitative estimate of drug-likeness (QED) is 0.441. The molecule has 3 aromatic heterocycles. The number of nitrogens with zero attached hydrogens (tertiary/aromatic N) is 3. The molecule has 0 saturated heterocycles. The minimum absolute atomic E-state index is 0.290. The van der Waals surface area contributed by atoms with Crippen LogP contribution >= 0.6 is 0 Å². The number of hydrazone groups is 1. The molecule has 0 aliphatic carbocycles. The summed E-state index contributed by atoms with van der Waals surface area (Å²) >= 11 is 0. The molecule has 26 heavy (non-hydrogen) atoms. The highest BCUT2D eigenvalue weighted by Gasteiger charge is 2.13. The van der Waals surface area contributed by atoms with Crippen molar-refractivity contribution in [2.75, 3.05) is 0 Å². The third-order valence-electron chi connectivity index (χ3n) is 3.93. The Bertz CT molecular complexity index is 1070. The Hall–Kier alpha value is -3.80. The van der Waals surface area contributed by atoms with Crippen molar-refractivity contribution in [2.45, 2.75) is 0 Å². The zero-order valence-electron chi connectivity index (χ0n) is 13.8. The van der Waals surface area contributed by atoms with Crippen LogP contribution in [0.2, 0.25) is 0 Å². The number of hydrogen-bond donors (Lipinski definition) is 2. The van der Waals surface area contributed by atoms with Gasteiger partial charge in [-0.05, 0) is 36.4 Å². The second-order valence-electron chi connectivity index (χ2n) is 5.63. The van der Waals surface area contributed by atoms with E-state index in [4.69, 9.17) is 0 Å². The molecule has 6 heteroatoms. The van der Waals surface area contributed by atoms with Crippen LogP contribution < -0.4 is 5.43 Å². The molecule has 0 aliphatic rings. The van der Waals surface area contributed by atoms with Crippen molar-refractivity contribution in [3.8, 4) is 11.3 Å². The van der Waals surface area contributed by atoms with Crippen molar-refractivity contribution in [2.24, 2.45) is 5.10 Å². The van der Waals surface area contributed by atoms with Crippen LogP contribution in [0.15, 0.2) is 78.3 Å². The van der Waals surface area contributed by atoms with Crippen molar-refractivity contribution in [3.63, 3.8) is 0 Å². The van der Waals surface area contributed by atoms with Gasteiger partial charge in [-0.15, -0.1) is 0 Å². The molecule has 1 aromatic carbocycles. The van der Waals surface area contributed by atoms with E-state index in [1.54, 1.807) is 30.9 Å². The third kappa shape index (κ3) is 3.21. The van der Waals surface area contributed by atoms with Gasteiger partial charge < -0.3 is 4.98 Å². The van der Waals surface area contributed by atoms with Gasteiger partial charge in [0.25, 0.3) is 5.91 Å². The minimum Gasteiger partial charge on any atom is -0.360 e. The molecule has 0 unspecified atom stereocenters. The van der Waals surface area contributed by atoms with Crippen molar-refractivity contribution in [3.05, 3.63) is 84.4 Å². The number of para-hydroxylation sites is 1. The molecule has 2 N–H and O–H groups in total. The van der Waals surface area contributed by atoms with Crippen LogP contribution in [0, 0.1) is 0 Å². The van der Waals surface area contributed by atoms with E-state index in [2.05, 4.69) is 25.5 Å². The van der Waals surface area contributed by atoms with Crippen LogP contribution in [0.4, 0.5) is 0 Å². The second kappa shape index (κ2) is 6.98. The monoisotopic (exact) mass is 341 g/mol. The average molecular weight is 341 g/mol. The van der Waals surface area contributed by atoms with Crippen LogP contribution in [0.3, 0.4) is 0 Å². The number of rotatable bonds is 4. The van der Waals surface area contributed by atoms with Gasteiger partial charge in [-0.1, -0.05) is 18.2 Å². The van der Waals surface area contributed by atoms with Crippen LogP contribution in [0.25, 0.3) is 22.2 Å². The van der Waals surface area contributed by atoms with E-state index in [1.807, 2.05) is 48.5 Å². The number of benzene rings is 1. The van der Waals surface area contributed by atoms with E-state index < -0.39 is 0 Å². The number of nitrogens with one attached hydrogen (secondary N) is 2. The van der Waals surface area contributed by atoms with Gasteiger partial charge in [0.15, 0.2) is 0 Å². The highest BCUT2D eigenvalue weighted by Crippen LogP contribution is 2.24. The van der Waals surface area contributed by atoms with Crippen molar-refractivity contribution in [1.29, 1.82) is 0 Å². The summed E-state index contributed by atoms with van der Waals surface area (Å²) in [6.45, 7) is 0. The second-order valence-corrected chi connectivity index (χ2v) is 5.63. The smallest absolute Gasteiger partial charge is 0.272 e. The SMILES string of the molecule is O=C(NN=Cc1ccc[nH]1)c1cc(-c2ccncc2)nc2ccccc12. The fourth-order valence-electron chi connectivity index (χ4n) is 2.68. The predicted octanol–water partition coefficient (Wildman–Crippen LogP) is 3.39. The minimum atomic E-state index is -0.290. The summed E-state index contributed by atoms with van der Waals surface area (Å²) in [5, 5.41) is 4.79. The summed E-state index contributed by atoms with van der Waals surface area (Å²) in [5.41, 5.74) is 6.27. The molecule has 0 aliphatic heterocycles. The first-order chi connectivity index (χ1) is 12.8. The van der Waals surface area contributed by atoms with Crippen molar-refractivity contribution >= 4 is 23.0 Å². The molecular formula is C20H15N5O. The Morgan fingerprint density at radius 1 is 1.08 bits per heavy atom. The first kappa shape index (κ1) is 15.7. The fraction of sp³-hybridized carbons (Fsp3) is 0. The zero-order valence-corrected chi connectivity index (χ0v) is 13.8. The van der Waals surface area contributed by atoms with E-state index in [0.29, 0.717) is 11.3 Å². The Morgan fingerprint density at radius 2 is 1.92 bits per heavy atom. The van der Waals surface area contributed by atoms with Crippen molar-refractivity contribution in [1.82, 2.24) is 20.4 Å². The van der Waals surface area contributed by atoms with E-state index in [-0.39, 0.29) is 5.91 Å². The predicted molar refractivity (Wildman–Crippen MR) is 101 cm³/mol. The first-order valence-corrected chi connectivity index (χ1v) is 8.08. The van der Waals surface area contributed by atoms with E-state index in [1.165, 1.54) is 0 Å². The molecule has 0 radical (unpaired) electrons. The summed E-state index contributed by atoms with van der Waals surface area (Å²) in [4.78, 5) is 24.4.